The quantitative estimate of drug-likeness (QED) is 0.908. The second-order valence-electron chi connectivity index (χ2n) is 5.22. The molecule has 6 heteroatoms. The first-order chi connectivity index (χ1) is 10.7. The predicted octanol–water partition coefficient (Wildman–Crippen LogP) is 2.95. The molecule has 114 valence electrons. The van der Waals surface area contributed by atoms with Gasteiger partial charge < -0.3 is 15.4 Å². The summed E-state index contributed by atoms with van der Waals surface area (Å²) in [5, 5.41) is 0. The molecule has 1 saturated heterocycles. The number of aromatic nitrogens is 1. The molecule has 0 bridgehead atoms. The van der Waals surface area contributed by atoms with Gasteiger partial charge in [-0.2, -0.15) is 0 Å². The van der Waals surface area contributed by atoms with Crippen LogP contribution in [0.1, 0.15) is 6.42 Å². The fourth-order valence-electron chi connectivity index (χ4n) is 2.43. The van der Waals surface area contributed by atoms with Crippen molar-refractivity contribution in [1.82, 2.24) is 4.98 Å². The molecular weight excluding hydrogens is 346 g/mol. The number of amides is 1. The number of benzene rings is 1. The Bertz CT molecular complexity index is 675. The summed E-state index contributed by atoms with van der Waals surface area (Å²) in [5.41, 5.74) is 6.42. The van der Waals surface area contributed by atoms with Crippen molar-refractivity contribution in [2.75, 3.05) is 18.0 Å². The summed E-state index contributed by atoms with van der Waals surface area (Å²) < 4.78 is 6.62. The molecule has 2 N–H and O–H groups in total. The Morgan fingerprint density at radius 2 is 2.23 bits per heavy atom. The molecule has 3 rings (SSSR count). The van der Waals surface area contributed by atoms with E-state index in [0.717, 1.165) is 10.2 Å². The summed E-state index contributed by atoms with van der Waals surface area (Å²) in [6.45, 7) is 1.18. The Kier molecular flexibility index (Phi) is 4.40. The molecule has 2 aromatic rings. The summed E-state index contributed by atoms with van der Waals surface area (Å²) in [4.78, 5) is 18.0. The number of hydrogen-bond acceptors (Lipinski definition) is 4. The van der Waals surface area contributed by atoms with Crippen molar-refractivity contribution in [3.63, 3.8) is 0 Å². The van der Waals surface area contributed by atoms with Crippen LogP contribution >= 0.6 is 15.9 Å². The van der Waals surface area contributed by atoms with E-state index in [4.69, 9.17) is 10.5 Å². The number of carbonyl (C=O) groups excluding carboxylic acids is 1. The third-order valence-electron chi connectivity index (χ3n) is 3.59. The molecule has 1 fully saturated rings. The van der Waals surface area contributed by atoms with Gasteiger partial charge in [-0.1, -0.05) is 22.0 Å². The van der Waals surface area contributed by atoms with Gasteiger partial charge in [-0.25, -0.2) is 4.98 Å². The number of anilines is 1. The van der Waals surface area contributed by atoms with Crippen LogP contribution in [0.15, 0.2) is 47.1 Å². The highest BCUT2D eigenvalue weighted by atomic mass is 79.9. The lowest BCUT2D eigenvalue weighted by Crippen LogP contribution is -2.25. The van der Waals surface area contributed by atoms with Crippen LogP contribution in [0.3, 0.4) is 0 Å². The van der Waals surface area contributed by atoms with Crippen molar-refractivity contribution in [3.05, 3.63) is 47.1 Å². The molecule has 0 spiro atoms. The number of ether oxygens (including phenoxy) is 1. The van der Waals surface area contributed by atoms with Crippen LogP contribution in [0.25, 0.3) is 0 Å². The van der Waals surface area contributed by atoms with Crippen molar-refractivity contribution < 1.29 is 9.53 Å². The van der Waals surface area contributed by atoms with E-state index in [1.54, 1.807) is 17.2 Å². The van der Waals surface area contributed by atoms with Gasteiger partial charge in [0, 0.05) is 23.5 Å². The molecule has 1 aliphatic heterocycles. The molecule has 0 radical (unpaired) electrons. The molecule has 1 aliphatic rings. The van der Waals surface area contributed by atoms with Crippen LogP contribution in [0.2, 0.25) is 0 Å². The summed E-state index contributed by atoms with van der Waals surface area (Å²) in [6.07, 6.45) is 2.16. The van der Waals surface area contributed by atoms with Crippen molar-refractivity contribution in [3.8, 4) is 11.6 Å². The molecule has 1 unspecified atom stereocenters. The molecule has 22 heavy (non-hydrogen) atoms. The van der Waals surface area contributed by atoms with E-state index in [-0.39, 0.29) is 11.8 Å². The van der Waals surface area contributed by atoms with E-state index in [0.29, 0.717) is 31.1 Å². The maximum Gasteiger partial charge on any atom is 0.227 e. The summed E-state index contributed by atoms with van der Waals surface area (Å²) in [6, 6.07) is 11.2. The zero-order valence-electron chi connectivity index (χ0n) is 11.9. The topological polar surface area (TPSA) is 68.5 Å². The third-order valence-corrected chi connectivity index (χ3v) is 4.08. The molecule has 5 nitrogen and oxygen atoms in total. The molecule has 0 saturated carbocycles. The van der Waals surface area contributed by atoms with Crippen LogP contribution in [-0.4, -0.2) is 24.0 Å². The van der Waals surface area contributed by atoms with Gasteiger partial charge in [0.05, 0.1) is 11.9 Å². The predicted molar refractivity (Wildman–Crippen MR) is 88.0 cm³/mol. The van der Waals surface area contributed by atoms with Crippen molar-refractivity contribution in [1.29, 1.82) is 0 Å². The number of nitrogens with two attached hydrogens (primary N) is 1. The minimum Gasteiger partial charge on any atom is -0.439 e. The smallest absolute Gasteiger partial charge is 0.227 e. The highest BCUT2D eigenvalue weighted by molar-refractivity contribution is 9.10. The second kappa shape index (κ2) is 6.46. The number of hydrogen-bond donors (Lipinski definition) is 1. The van der Waals surface area contributed by atoms with E-state index in [2.05, 4.69) is 20.9 Å². The largest absolute Gasteiger partial charge is 0.439 e. The Balaban J connectivity index is 1.72. The maximum atomic E-state index is 12.0. The Morgan fingerprint density at radius 3 is 2.86 bits per heavy atom. The van der Waals surface area contributed by atoms with E-state index < -0.39 is 0 Å². The molecule has 2 heterocycles. The van der Waals surface area contributed by atoms with Gasteiger partial charge in [0.25, 0.3) is 0 Å². The van der Waals surface area contributed by atoms with E-state index >= 15 is 0 Å². The lowest BCUT2D eigenvalue weighted by atomic mass is 10.1. The Hall–Kier alpha value is -1.92. The zero-order valence-corrected chi connectivity index (χ0v) is 13.5. The van der Waals surface area contributed by atoms with Crippen LogP contribution < -0.4 is 15.4 Å². The number of carbonyl (C=O) groups is 1. The minimum atomic E-state index is 0.0953. The lowest BCUT2D eigenvalue weighted by Gasteiger charge is -2.16. The first-order valence-corrected chi connectivity index (χ1v) is 7.85. The van der Waals surface area contributed by atoms with Crippen LogP contribution in [-0.2, 0) is 4.79 Å². The molecule has 0 aliphatic carbocycles. The molecule has 1 aromatic heterocycles. The molecular formula is C16H16BrN3O2. The van der Waals surface area contributed by atoms with Gasteiger partial charge in [-0.05, 0) is 36.7 Å². The van der Waals surface area contributed by atoms with Crippen LogP contribution in [0, 0.1) is 5.92 Å². The normalized spacial score (nSPS) is 17.8. The van der Waals surface area contributed by atoms with Crippen molar-refractivity contribution in [2.24, 2.45) is 11.7 Å². The van der Waals surface area contributed by atoms with Crippen molar-refractivity contribution >= 4 is 27.5 Å². The highest BCUT2D eigenvalue weighted by Gasteiger charge is 2.29. The highest BCUT2D eigenvalue weighted by Crippen LogP contribution is 2.27. The monoisotopic (exact) mass is 361 g/mol. The van der Waals surface area contributed by atoms with Gasteiger partial charge >= 0.3 is 0 Å². The Labute approximate surface area is 137 Å². The molecule has 1 amide bonds. The zero-order chi connectivity index (χ0) is 15.5. The number of pyridine rings is 1. The van der Waals surface area contributed by atoms with Gasteiger partial charge in [-0.3, -0.25) is 4.79 Å². The molecule has 1 atom stereocenters. The van der Waals surface area contributed by atoms with Crippen LogP contribution in [0.4, 0.5) is 5.69 Å². The molecule has 1 aromatic carbocycles. The summed E-state index contributed by atoms with van der Waals surface area (Å²) >= 11 is 3.40. The first-order valence-electron chi connectivity index (χ1n) is 7.05. The number of halogens is 1. The average molecular weight is 362 g/mol. The van der Waals surface area contributed by atoms with Crippen LogP contribution in [0.5, 0.6) is 11.6 Å². The second-order valence-corrected chi connectivity index (χ2v) is 6.14. The third kappa shape index (κ3) is 3.28. The standard InChI is InChI=1S/C16H16BrN3O2/c17-12-2-1-3-14(7-12)22-15-5-4-13(9-19-15)20-10-11(8-18)6-16(20)21/h1-5,7,9,11H,6,8,10,18H2. The van der Waals surface area contributed by atoms with E-state index in [1.807, 2.05) is 30.3 Å². The summed E-state index contributed by atoms with van der Waals surface area (Å²) in [7, 11) is 0. The maximum absolute atomic E-state index is 12.0. The fraction of sp³-hybridized carbons (Fsp3) is 0.250. The van der Waals surface area contributed by atoms with Gasteiger partial charge in [0.1, 0.15) is 5.75 Å². The van der Waals surface area contributed by atoms with Gasteiger partial charge in [-0.15, -0.1) is 0 Å². The lowest BCUT2D eigenvalue weighted by molar-refractivity contribution is -0.117. The Morgan fingerprint density at radius 1 is 1.36 bits per heavy atom. The number of rotatable bonds is 4. The summed E-state index contributed by atoms with van der Waals surface area (Å²) in [5.74, 6) is 1.52. The van der Waals surface area contributed by atoms with Crippen molar-refractivity contribution in [2.45, 2.75) is 6.42 Å². The van der Waals surface area contributed by atoms with Gasteiger partial charge in [0.15, 0.2) is 0 Å². The van der Waals surface area contributed by atoms with E-state index in [1.165, 1.54) is 0 Å². The fourth-order valence-corrected chi connectivity index (χ4v) is 2.81. The van der Waals surface area contributed by atoms with Gasteiger partial charge in [0.2, 0.25) is 11.8 Å². The first kappa shape index (κ1) is 15.0. The SMILES string of the molecule is NCC1CC(=O)N(c2ccc(Oc3cccc(Br)c3)nc2)C1. The average Bonchev–Trinajstić information content (AvgIpc) is 2.89. The minimum absolute atomic E-state index is 0.0953. The van der Waals surface area contributed by atoms with E-state index in [9.17, 15) is 4.79 Å². The number of nitrogens with zero attached hydrogens (tertiary/aromatic N) is 2.